The summed E-state index contributed by atoms with van der Waals surface area (Å²) >= 11 is 1.37. The molecule has 0 aromatic rings. The van der Waals surface area contributed by atoms with E-state index in [1.54, 1.807) is 0 Å². The quantitative estimate of drug-likeness (QED) is 0.380. The van der Waals surface area contributed by atoms with Crippen LogP contribution in [0.25, 0.3) is 0 Å². The molecule has 0 bridgehead atoms. The number of amides is 3. The zero-order chi connectivity index (χ0) is 26.5. The smallest absolute Gasteiger partial charge is 0.353 e. The molecule has 4 rings (SSSR count). The lowest BCUT2D eigenvalue weighted by atomic mass is 9.78. The normalized spacial score (nSPS) is 32.8. The van der Waals surface area contributed by atoms with Crippen molar-refractivity contribution in [2.24, 2.45) is 11.8 Å². The molecule has 0 aromatic heterocycles. The summed E-state index contributed by atoms with van der Waals surface area (Å²) in [4.78, 5) is 55.2. The number of nitrogens with one attached hydrogen (secondary N) is 2. The molecule has 3 fully saturated rings. The average Bonchev–Trinajstić information content (AvgIpc) is 3.52. The van der Waals surface area contributed by atoms with Crippen LogP contribution in [0.1, 0.15) is 26.7 Å². The van der Waals surface area contributed by atoms with Crippen molar-refractivity contribution in [3.63, 3.8) is 0 Å². The van der Waals surface area contributed by atoms with Crippen molar-refractivity contribution in [3.05, 3.63) is 10.6 Å². The Bertz CT molecular complexity index is 979. The minimum atomic E-state index is -3.20. The number of hydrogen-bond donors (Lipinski definition) is 3. The number of carboxylic acids is 1. The van der Waals surface area contributed by atoms with Crippen molar-refractivity contribution in [1.29, 1.82) is 0 Å². The highest BCUT2D eigenvalue weighted by Gasteiger charge is 2.60. The summed E-state index contributed by atoms with van der Waals surface area (Å²) < 4.78 is 25.4. The van der Waals surface area contributed by atoms with E-state index in [2.05, 4.69) is 15.5 Å². The number of halogens is 2. The molecule has 13 heteroatoms. The first kappa shape index (κ1) is 26.8. The Morgan fingerprint density at radius 1 is 1.28 bits per heavy atom. The van der Waals surface area contributed by atoms with Gasteiger partial charge < -0.3 is 30.4 Å². The SMILES string of the molecule is C[C@@H](NC(=O)C(F)F)[C@H]1C(=O)N2C(C(=O)O)=C(S[C@@H]3CN[C@H](C(=O)N4CCC(N(C)C)C4)C3)[C@H](C)[C@H]12. The average molecular weight is 530 g/mol. The van der Waals surface area contributed by atoms with Gasteiger partial charge in [-0.3, -0.25) is 14.4 Å². The Kier molecular flexibility index (Phi) is 7.63. The first-order chi connectivity index (χ1) is 16.9. The third-order valence-corrected chi connectivity index (χ3v) is 9.30. The predicted octanol–water partition coefficient (Wildman–Crippen LogP) is 0.155. The number of hydrogen-bond acceptors (Lipinski definition) is 7. The fourth-order valence-electron chi connectivity index (χ4n) is 5.82. The van der Waals surface area contributed by atoms with E-state index in [0.717, 1.165) is 6.42 Å². The van der Waals surface area contributed by atoms with Crippen LogP contribution in [0.15, 0.2) is 10.6 Å². The molecule has 200 valence electrons. The molecule has 3 N–H and O–H groups in total. The number of fused-ring (bicyclic) bond motifs is 1. The largest absolute Gasteiger partial charge is 0.477 e. The number of β-lactam (4-membered cyclic amide) rings is 1. The van der Waals surface area contributed by atoms with Crippen LogP contribution in [-0.2, 0) is 19.2 Å². The van der Waals surface area contributed by atoms with Gasteiger partial charge in [0.05, 0.1) is 18.0 Å². The summed E-state index contributed by atoms with van der Waals surface area (Å²) in [6.45, 7) is 5.22. The highest BCUT2D eigenvalue weighted by atomic mass is 32.2. The van der Waals surface area contributed by atoms with Crippen molar-refractivity contribution < 1.29 is 33.1 Å². The second kappa shape index (κ2) is 10.3. The minimum absolute atomic E-state index is 0.0528. The highest BCUT2D eigenvalue weighted by molar-refractivity contribution is 8.03. The number of alkyl halides is 2. The van der Waals surface area contributed by atoms with E-state index in [0.29, 0.717) is 37.0 Å². The molecule has 4 aliphatic heterocycles. The van der Waals surface area contributed by atoms with Crippen LogP contribution in [0.3, 0.4) is 0 Å². The summed E-state index contributed by atoms with van der Waals surface area (Å²) in [7, 11) is 4.00. The number of aliphatic carboxylic acids is 1. The number of likely N-dealkylation sites (N-methyl/N-ethyl adjacent to an activating group) is 1. The number of carbonyl (C=O) groups excluding carboxylic acids is 3. The number of rotatable bonds is 8. The fourth-order valence-corrected chi connectivity index (χ4v) is 7.30. The summed E-state index contributed by atoms with van der Waals surface area (Å²) in [6.07, 6.45) is -1.73. The zero-order valence-electron chi connectivity index (χ0n) is 20.7. The van der Waals surface area contributed by atoms with Crippen molar-refractivity contribution >= 4 is 35.5 Å². The first-order valence-corrected chi connectivity index (χ1v) is 13.0. The van der Waals surface area contributed by atoms with Crippen molar-refractivity contribution in [1.82, 2.24) is 25.3 Å². The van der Waals surface area contributed by atoms with Crippen LogP contribution in [0.2, 0.25) is 0 Å². The van der Waals surface area contributed by atoms with Crippen molar-refractivity contribution in [2.45, 2.75) is 62.5 Å². The van der Waals surface area contributed by atoms with Gasteiger partial charge in [0.15, 0.2) is 0 Å². The zero-order valence-corrected chi connectivity index (χ0v) is 21.6. The lowest BCUT2D eigenvalue weighted by Gasteiger charge is -2.47. The Morgan fingerprint density at radius 2 is 1.97 bits per heavy atom. The molecule has 36 heavy (non-hydrogen) atoms. The van der Waals surface area contributed by atoms with Crippen LogP contribution in [0.5, 0.6) is 0 Å². The molecular formula is C23H33F2N5O5S. The molecule has 10 nitrogen and oxygen atoms in total. The van der Waals surface area contributed by atoms with Gasteiger partial charge in [0, 0.05) is 47.8 Å². The van der Waals surface area contributed by atoms with E-state index in [9.17, 15) is 33.1 Å². The van der Waals surface area contributed by atoms with Gasteiger partial charge in [-0.15, -0.1) is 11.8 Å². The van der Waals surface area contributed by atoms with Crippen LogP contribution in [0, 0.1) is 11.8 Å². The van der Waals surface area contributed by atoms with Crippen molar-refractivity contribution in [3.8, 4) is 0 Å². The summed E-state index contributed by atoms with van der Waals surface area (Å²) in [5.41, 5.74) is -0.0886. The molecule has 3 saturated heterocycles. The Balaban J connectivity index is 1.42. The molecule has 4 heterocycles. The maximum Gasteiger partial charge on any atom is 0.353 e. The summed E-state index contributed by atoms with van der Waals surface area (Å²) in [5, 5.41) is 15.3. The second-order valence-corrected chi connectivity index (χ2v) is 11.6. The molecule has 0 saturated carbocycles. The maximum absolute atomic E-state index is 13.0. The Labute approximate surface area is 212 Å². The van der Waals surface area contributed by atoms with E-state index in [1.165, 1.54) is 23.6 Å². The highest BCUT2D eigenvalue weighted by Crippen LogP contribution is 2.51. The standard InChI is InChI=1S/C23H33F2N5O5S/c1-10-16-15(11(2)27-20(31)19(24)25)22(33)30(16)17(23(34)35)18(10)36-13-7-14(26-8-13)21(32)29-6-5-12(9-29)28(3)4/h10-16,19,26H,5-9H2,1-4H3,(H,27,31)(H,34,35)/t10-,11-,12?,13+,14+,15-,16-/m1/s1. The van der Waals surface area contributed by atoms with Crippen molar-refractivity contribution in [2.75, 3.05) is 33.7 Å². The van der Waals surface area contributed by atoms with E-state index in [-0.39, 0.29) is 28.8 Å². The molecule has 7 atom stereocenters. The summed E-state index contributed by atoms with van der Waals surface area (Å²) in [5.74, 6) is -4.26. The Hall–Kier alpha value is -2.25. The minimum Gasteiger partial charge on any atom is -0.477 e. The second-order valence-electron chi connectivity index (χ2n) is 10.3. The molecule has 0 spiro atoms. The number of carboxylic acid groups (broad SMARTS) is 1. The van der Waals surface area contributed by atoms with Crippen LogP contribution >= 0.6 is 11.8 Å². The van der Waals surface area contributed by atoms with Gasteiger partial charge in [0.1, 0.15) is 5.70 Å². The van der Waals surface area contributed by atoms with E-state index in [1.807, 2.05) is 25.9 Å². The van der Waals surface area contributed by atoms with Crippen LogP contribution in [0.4, 0.5) is 8.78 Å². The lowest BCUT2D eigenvalue weighted by Crippen LogP contribution is -2.66. The molecule has 0 radical (unpaired) electrons. The Morgan fingerprint density at radius 3 is 2.56 bits per heavy atom. The lowest BCUT2D eigenvalue weighted by molar-refractivity contribution is -0.159. The van der Waals surface area contributed by atoms with Gasteiger partial charge in [0.25, 0.3) is 5.91 Å². The van der Waals surface area contributed by atoms with Gasteiger partial charge >= 0.3 is 12.4 Å². The fraction of sp³-hybridized carbons (Fsp3) is 0.739. The number of nitrogens with zero attached hydrogens (tertiary/aromatic N) is 3. The molecule has 4 aliphatic rings. The molecule has 3 amide bonds. The van der Waals surface area contributed by atoms with E-state index >= 15 is 0 Å². The van der Waals surface area contributed by atoms with Crippen LogP contribution in [-0.4, -0.2) is 113 Å². The van der Waals surface area contributed by atoms with E-state index in [4.69, 9.17) is 0 Å². The maximum atomic E-state index is 13.0. The monoisotopic (exact) mass is 529 g/mol. The first-order valence-electron chi connectivity index (χ1n) is 12.2. The van der Waals surface area contributed by atoms with Gasteiger partial charge in [0.2, 0.25) is 11.8 Å². The number of thioether (sulfide) groups is 1. The number of likely N-dealkylation sites (tertiary alicyclic amines) is 1. The molecule has 0 aromatic carbocycles. The molecular weight excluding hydrogens is 496 g/mol. The third kappa shape index (κ3) is 4.72. The van der Waals surface area contributed by atoms with Crippen LogP contribution < -0.4 is 10.6 Å². The summed E-state index contributed by atoms with van der Waals surface area (Å²) in [6, 6.07) is -1.39. The number of carbonyl (C=O) groups is 4. The molecule has 0 aliphatic carbocycles. The van der Waals surface area contributed by atoms with Gasteiger partial charge in [-0.1, -0.05) is 6.92 Å². The van der Waals surface area contributed by atoms with Gasteiger partial charge in [-0.25, -0.2) is 4.79 Å². The molecule has 1 unspecified atom stereocenters. The predicted molar refractivity (Wildman–Crippen MR) is 128 cm³/mol. The van der Waals surface area contributed by atoms with Gasteiger partial charge in [-0.2, -0.15) is 8.78 Å². The van der Waals surface area contributed by atoms with E-state index < -0.39 is 42.2 Å². The third-order valence-electron chi connectivity index (χ3n) is 7.79. The topological polar surface area (TPSA) is 122 Å². The van der Waals surface area contributed by atoms with Gasteiger partial charge in [-0.05, 0) is 33.9 Å².